The monoisotopic (exact) mass is 303 g/mol. The maximum absolute atomic E-state index is 12.3. The lowest BCUT2D eigenvalue weighted by Crippen LogP contribution is -2.03. The van der Waals surface area contributed by atoms with Crippen molar-refractivity contribution >= 4 is 23.2 Å². The number of carbonyl (C=O) groups excluding carboxylic acids is 1. The molecule has 2 aromatic rings. The van der Waals surface area contributed by atoms with E-state index in [1.807, 2.05) is 0 Å². The SMILES string of the molecule is O=C(c1ccccc1)c1ccc(SCCO)c([N+](=O)[O-])c1. The van der Waals surface area contributed by atoms with Crippen molar-refractivity contribution < 1.29 is 14.8 Å². The molecular formula is C15H13NO4S. The Hall–Kier alpha value is -2.18. The molecule has 6 heteroatoms. The molecule has 0 unspecified atom stereocenters. The van der Waals surface area contributed by atoms with E-state index in [1.54, 1.807) is 42.5 Å². The van der Waals surface area contributed by atoms with Gasteiger partial charge >= 0.3 is 0 Å². The van der Waals surface area contributed by atoms with Gasteiger partial charge in [-0.25, -0.2) is 0 Å². The summed E-state index contributed by atoms with van der Waals surface area (Å²) in [5, 5.41) is 19.9. The molecule has 21 heavy (non-hydrogen) atoms. The van der Waals surface area contributed by atoms with Crippen LogP contribution in [0.1, 0.15) is 15.9 Å². The fourth-order valence-corrected chi connectivity index (χ4v) is 2.59. The second-order valence-electron chi connectivity index (χ2n) is 4.21. The molecule has 0 atom stereocenters. The average Bonchev–Trinajstić information content (AvgIpc) is 2.52. The van der Waals surface area contributed by atoms with E-state index in [9.17, 15) is 14.9 Å². The Morgan fingerprint density at radius 1 is 1.14 bits per heavy atom. The highest BCUT2D eigenvalue weighted by atomic mass is 32.2. The summed E-state index contributed by atoms with van der Waals surface area (Å²) in [6.07, 6.45) is 0. The maximum Gasteiger partial charge on any atom is 0.283 e. The maximum atomic E-state index is 12.3. The third-order valence-corrected chi connectivity index (χ3v) is 3.85. The van der Waals surface area contributed by atoms with Crippen LogP contribution in [-0.4, -0.2) is 28.2 Å². The summed E-state index contributed by atoms with van der Waals surface area (Å²) in [6, 6.07) is 13.0. The second-order valence-corrected chi connectivity index (χ2v) is 5.34. The molecule has 0 bridgehead atoms. The van der Waals surface area contributed by atoms with E-state index >= 15 is 0 Å². The highest BCUT2D eigenvalue weighted by Gasteiger charge is 2.18. The molecule has 0 spiro atoms. The van der Waals surface area contributed by atoms with Crippen LogP contribution in [0.15, 0.2) is 53.4 Å². The minimum Gasteiger partial charge on any atom is -0.396 e. The normalized spacial score (nSPS) is 10.3. The molecule has 0 aliphatic rings. The molecule has 2 rings (SSSR count). The van der Waals surface area contributed by atoms with Crippen molar-refractivity contribution in [2.45, 2.75) is 4.90 Å². The molecule has 0 aliphatic heterocycles. The van der Waals surface area contributed by atoms with Gasteiger partial charge in [-0.1, -0.05) is 30.3 Å². The Kier molecular flexibility index (Phi) is 5.08. The number of nitrogens with zero attached hydrogens (tertiary/aromatic N) is 1. The van der Waals surface area contributed by atoms with Gasteiger partial charge < -0.3 is 5.11 Å². The van der Waals surface area contributed by atoms with Gasteiger partial charge in [0.05, 0.1) is 16.4 Å². The lowest BCUT2D eigenvalue weighted by atomic mass is 10.0. The molecule has 0 heterocycles. The Morgan fingerprint density at radius 3 is 2.48 bits per heavy atom. The van der Waals surface area contributed by atoms with Gasteiger partial charge in [0.25, 0.3) is 5.69 Å². The van der Waals surface area contributed by atoms with Gasteiger partial charge in [-0.05, 0) is 12.1 Å². The Labute approximate surface area is 125 Å². The topological polar surface area (TPSA) is 80.4 Å². The lowest BCUT2D eigenvalue weighted by Gasteiger charge is -2.05. The van der Waals surface area contributed by atoms with E-state index in [0.29, 0.717) is 16.2 Å². The Bertz CT molecular complexity index is 658. The number of hydrogen-bond acceptors (Lipinski definition) is 5. The summed E-state index contributed by atoms with van der Waals surface area (Å²) >= 11 is 1.19. The van der Waals surface area contributed by atoms with E-state index in [0.717, 1.165) is 0 Å². The lowest BCUT2D eigenvalue weighted by molar-refractivity contribution is -0.387. The minimum absolute atomic E-state index is 0.0630. The molecular weight excluding hydrogens is 290 g/mol. The van der Waals surface area contributed by atoms with Crippen molar-refractivity contribution in [3.8, 4) is 0 Å². The molecule has 0 radical (unpaired) electrons. The number of nitro benzene ring substituents is 1. The van der Waals surface area contributed by atoms with Gasteiger partial charge in [-0.2, -0.15) is 0 Å². The third kappa shape index (κ3) is 3.68. The molecule has 5 nitrogen and oxygen atoms in total. The number of aliphatic hydroxyl groups is 1. The summed E-state index contributed by atoms with van der Waals surface area (Å²) in [4.78, 5) is 23.3. The van der Waals surface area contributed by atoms with Gasteiger partial charge in [-0.3, -0.25) is 14.9 Å². The van der Waals surface area contributed by atoms with Crippen LogP contribution in [0.25, 0.3) is 0 Å². The van der Waals surface area contributed by atoms with Crippen LogP contribution in [0.5, 0.6) is 0 Å². The number of nitro groups is 1. The highest BCUT2D eigenvalue weighted by Crippen LogP contribution is 2.30. The molecule has 2 aromatic carbocycles. The molecule has 0 saturated heterocycles. The predicted octanol–water partition coefficient (Wildman–Crippen LogP) is 2.91. The zero-order valence-corrected chi connectivity index (χ0v) is 11.9. The van der Waals surface area contributed by atoms with Crippen LogP contribution in [0.3, 0.4) is 0 Å². The summed E-state index contributed by atoms with van der Waals surface area (Å²) in [5.41, 5.74) is 0.652. The molecule has 0 amide bonds. The van der Waals surface area contributed by atoms with Gasteiger partial charge in [0, 0.05) is 22.9 Å². The largest absolute Gasteiger partial charge is 0.396 e. The number of rotatable bonds is 6. The van der Waals surface area contributed by atoms with Crippen LogP contribution < -0.4 is 0 Å². The smallest absolute Gasteiger partial charge is 0.283 e. The second kappa shape index (κ2) is 7.01. The Balaban J connectivity index is 2.36. The minimum atomic E-state index is -0.512. The fourth-order valence-electron chi connectivity index (χ4n) is 1.84. The highest BCUT2D eigenvalue weighted by molar-refractivity contribution is 7.99. The molecule has 0 saturated carbocycles. The van der Waals surface area contributed by atoms with Gasteiger partial charge in [0.1, 0.15) is 0 Å². The van der Waals surface area contributed by atoms with Crippen LogP contribution in [0.4, 0.5) is 5.69 Å². The zero-order valence-electron chi connectivity index (χ0n) is 11.1. The quantitative estimate of drug-likeness (QED) is 0.384. The van der Waals surface area contributed by atoms with Crippen LogP contribution >= 0.6 is 11.8 Å². The summed E-state index contributed by atoms with van der Waals surface area (Å²) in [7, 11) is 0. The van der Waals surface area contributed by atoms with Crippen molar-refractivity contribution in [1.82, 2.24) is 0 Å². The standard InChI is InChI=1S/C15H13NO4S/c17-8-9-21-14-7-6-12(10-13(14)16(19)20)15(18)11-4-2-1-3-5-11/h1-7,10,17H,8-9H2. The van der Waals surface area contributed by atoms with E-state index in [2.05, 4.69) is 0 Å². The molecule has 0 aliphatic carbocycles. The number of ketones is 1. The first-order chi connectivity index (χ1) is 10.1. The summed E-state index contributed by atoms with van der Waals surface area (Å²) < 4.78 is 0. The van der Waals surface area contributed by atoms with Crippen molar-refractivity contribution in [2.75, 3.05) is 12.4 Å². The molecule has 0 aromatic heterocycles. The number of benzene rings is 2. The number of hydrogen-bond donors (Lipinski definition) is 1. The third-order valence-electron chi connectivity index (χ3n) is 2.80. The van der Waals surface area contributed by atoms with Crippen molar-refractivity contribution in [3.63, 3.8) is 0 Å². The van der Waals surface area contributed by atoms with E-state index < -0.39 is 4.92 Å². The van der Waals surface area contributed by atoms with Crippen molar-refractivity contribution in [1.29, 1.82) is 0 Å². The number of carbonyl (C=O) groups is 1. The molecule has 0 fully saturated rings. The van der Waals surface area contributed by atoms with E-state index in [-0.39, 0.29) is 23.6 Å². The first kappa shape index (κ1) is 15.2. The van der Waals surface area contributed by atoms with Gasteiger partial charge in [0.2, 0.25) is 0 Å². The average molecular weight is 303 g/mol. The van der Waals surface area contributed by atoms with Crippen LogP contribution in [0.2, 0.25) is 0 Å². The first-order valence-electron chi connectivity index (χ1n) is 6.25. The number of aliphatic hydroxyl groups excluding tert-OH is 1. The summed E-state index contributed by atoms with van der Waals surface area (Å²) in [5.74, 6) is 0.115. The van der Waals surface area contributed by atoms with E-state index in [4.69, 9.17) is 5.11 Å². The molecule has 108 valence electrons. The van der Waals surface area contributed by atoms with Crippen LogP contribution in [-0.2, 0) is 0 Å². The Morgan fingerprint density at radius 2 is 1.86 bits per heavy atom. The molecule has 1 N–H and O–H groups in total. The zero-order chi connectivity index (χ0) is 15.2. The predicted molar refractivity (Wildman–Crippen MR) is 80.8 cm³/mol. The van der Waals surface area contributed by atoms with Gasteiger partial charge in [0.15, 0.2) is 5.78 Å². The number of thioether (sulfide) groups is 1. The van der Waals surface area contributed by atoms with Gasteiger partial charge in [-0.15, -0.1) is 11.8 Å². The van der Waals surface area contributed by atoms with E-state index in [1.165, 1.54) is 17.8 Å². The van der Waals surface area contributed by atoms with Crippen LogP contribution in [0, 0.1) is 10.1 Å². The fraction of sp³-hybridized carbons (Fsp3) is 0.133. The first-order valence-corrected chi connectivity index (χ1v) is 7.24. The van der Waals surface area contributed by atoms with Crippen molar-refractivity contribution in [3.05, 3.63) is 69.8 Å². The van der Waals surface area contributed by atoms with Crippen molar-refractivity contribution in [2.24, 2.45) is 0 Å². The summed E-state index contributed by atoms with van der Waals surface area (Å²) in [6.45, 7) is -0.0630.